The highest BCUT2D eigenvalue weighted by atomic mass is 35.5. The van der Waals surface area contributed by atoms with E-state index in [1.54, 1.807) is 24.4 Å². The maximum absolute atomic E-state index is 12.5. The molecule has 2 aromatic heterocycles. The van der Waals surface area contributed by atoms with Crippen LogP contribution < -0.4 is 0 Å². The van der Waals surface area contributed by atoms with Gasteiger partial charge in [-0.2, -0.15) is 0 Å². The predicted octanol–water partition coefficient (Wildman–Crippen LogP) is 5.17. The third kappa shape index (κ3) is 3.35. The van der Waals surface area contributed by atoms with E-state index < -0.39 is 9.84 Å². The molecule has 1 aromatic carbocycles. The quantitative estimate of drug-likeness (QED) is 0.567. The Morgan fingerprint density at radius 3 is 2.56 bits per heavy atom. The average molecular weight is 424 g/mol. The van der Waals surface area contributed by atoms with Crippen LogP contribution in [0.25, 0.3) is 22.3 Å². The molecule has 1 fully saturated rings. The molecule has 0 bridgehead atoms. The third-order valence-electron chi connectivity index (χ3n) is 5.02. The zero-order chi connectivity index (χ0) is 19.3. The normalized spacial score (nSPS) is 16.0. The lowest BCUT2D eigenvalue weighted by Crippen LogP contribution is -2.17. The summed E-state index contributed by atoms with van der Waals surface area (Å²) < 4.78 is 26.8. The molecular weight excluding hydrogens is 405 g/mol. The highest BCUT2D eigenvalue weighted by Gasteiger charge is 2.36. The Morgan fingerprint density at radius 2 is 1.96 bits per heavy atom. The van der Waals surface area contributed by atoms with Gasteiger partial charge in [0.05, 0.1) is 0 Å². The first-order valence-electron chi connectivity index (χ1n) is 8.83. The number of sulfone groups is 1. The van der Waals surface area contributed by atoms with Crippen molar-refractivity contribution in [2.45, 2.75) is 37.4 Å². The summed E-state index contributed by atoms with van der Waals surface area (Å²) >= 11 is 12.4. The molecule has 1 aliphatic carbocycles. The first-order chi connectivity index (χ1) is 12.8. The summed E-state index contributed by atoms with van der Waals surface area (Å²) in [4.78, 5) is 9.02. The Hall–Kier alpha value is -1.63. The molecule has 1 atom stereocenters. The largest absolute Gasteiger partial charge is 0.296 e. The minimum absolute atomic E-state index is 0.0706. The molecule has 4 rings (SSSR count). The molecule has 0 amide bonds. The summed E-state index contributed by atoms with van der Waals surface area (Å²) in [6.45, 7) is 2.07. The van der Waals surface area contributed by atoms with Gasteiger partial charge in [-0.05, 0) is 43.4 Å². The molecule has 0 aliphatic heterocycles. The number of halogens is 2. The highest BCUT2D eigenvalue weighted by molar-refractivity contribution is 7.90. The monoisotopic (exact) mass is 423 g/mol. The Bertz CT molecular complexity index is 1140. The van der Waals surface area contributed by atoms with Crippen molar-refractivity contribution in [2.24, 2.45) is 5.92 Å². The molecule has 1 aliphatic rings. The lowest BCUT2D eigenvalue weighted by molar-refractivity contribution is 0.407. The van der Waals surface area contributed by atoms with Crippen molar-refractivity contribution in [1.82, 2.24) is 14.5 Å². The average Bonchev–Trinajstić information content (AvgIpc) is 3.35. The molecule has 8 heteroatoms. The molecule has 0 N–H and O–H groups in total. The van der Waals surface area contributed by atoms with Gasteiger partial charge in [0, 0.05) is 39.7 Å². The Balaban J connectivity index is 2.03. The van der Waals surface area contributed by atoms with E-state index in [0.717, 1.165) is 30.4 Å². The van der Waals surface area contributed by atoms with Crippen LogP contribution in [-0.4, -0.2) is 29.2 Å². The molecule has 27 heavy (non-hydrogen) atoms. The predicted molar refractivity (Wildman–Crippen MR) is 108 cm³/mol. The van der Waals surface area contributed by atoms with Gasteiger partial charge in [-0.3, -0.25) is 4.57 Å². The number of pyridine rings is 1. The molecule has 2 heterocycles. The number of nitrogens with zero attached hydrogens (tertiary/aromatic N) is 3. The van der Waals surface area contributed by atoms with Crippen LogP contribution in [-0.2, 0) is 9.84 Å². The van der Waals surface area contributed by atoms with E-state index in [2.05, 4.69) is 16.9 Å². The van der Waals surface area contributed by atoms with Crippen LogP contribution in [0.15, 0.2) is 35.6 Å². The Kier molecular flexibility index (Phi) is 4.69. The molecule has 1 unspecified atom stereocenters. The van der Waals surface area contributed by atoms with Crippen molar-refractivity contribution < 1.29 is 8.42 Å². The van der Waals surface area contributed by atoms with Crippen LogP contribution in [0.5, 0.6) is 0 Å². The fourth-order valence-electron chi connectivity index (χ4n) is 3.66. The van der Waals surface area contributed by atoms with Crippen molar-refractivity contribution in [2.75, 3.05) is 6.26 Å². The number of hydrogen-bond acceptors (Lipinski definition) is 4. The van der Waals surface area contributed by atoms with E-state index in [1.165, 1.54) is 6.26 Å². The summed E-state index contributed by atoms with van der Waals surface area (Å²) in [5.74, 6) is 0.470. The van der Waals surface area contributed by atoms with E-state index >= 15 is 0 Å². The standard InChI is InChI=1S/C19H19Cl2N3O2S/c1-3-16(11-4-5-11)24-18-17(23-19(24)27(2,25)26)14(8-9-22-18)13-7-6-12(20)10-15(13)21/h6-11,16H,3-5H2,1-2H3. The van der Waals surface area contributed by atoms with Crippen LogP contribution in [0.2, 0.25) is 10.0 Å². The second-order valence-corrected chi connectivity index (χ2v) is 9.76. The van der Waals surface area contributed by atoms with Gasteiger partial charge in [-0.1, -0.05) is 36.2 Å². The SMILES string of the molecule is CCC(C1CC1)n1c(S(C)(=O)=O)nc2c(-c3ccc(Cl)cc3Cl)ccnc21. The van der Waals surface area contributed by atoms with Crippen molar-refractivity contribution in [3.8, 4) is 11.1 Å². The van der Waals surface area contributed by atoms with E-state index in [-0.39, 0.29) is 11.2 Å². The second-order valence-electron chi connectivity index (χ2n) is 7.00. The molecule has 142 valence electrons. The van der Waals surface area contributed by atoms with Crippen molar-refractivity contribution >= 4 is 44.2 Å². The minimum atomic E-state index is -3.51. The van der Waals surface area contributed by atoms with Crippen LogP contribution in [0, 0.1) is 5.92 Å². The smallest absolute Gasteiger partial charge is 0.229 e. The number of fused-ring (bicyclic) bond motifs is 1. The van der Waals surface area contributed by atoms with Gasteiger partial charge in [0.2, 0.25) is 15.0 Å². The van der Waals surface area contributed by atoms with Crippen LogP contribution in [0.1, 0.15) is 32.2 Å². The molecule has 0 spiro atoms. The maximum atomic E-state index is 12.5. The van der Waals surface area contributed by atoms with E-state index in [9.17, 15) is 8.42 Å². The van der Waals surface area contributed by atoms with Gasteiger partial charge in [0.1, 0.15) is 5.52 Å². The number of hydrogen-bond donors (Lipinski definition) is 0. The van der Waals surface area contributed by atoms with Crippen LogP contribution >= 0.6 is 23.2 Å². The van der Waals surface area contributed by atoms with E-state index in [4.69, 9.17) is 23.2 Å². The summed E-state index contributed by atoms with van der Waals surface area (Å²) in [5.41, 5.74) is 2.62. The maximum Gasteiger partial charge on any atom is 0.229 e. The van der Waals surface area contributed by atoms with Crippen molar-refractivity contribution in [3.05, 3.63) is 40.5 Å². The summed E-state index contributed by atoms with van der Waals surface area (Å²) in [5, 5.41) is 1.09. The summed E-state index contributed by atoms with van der Waals surface area (Å²) in [7, 11) is -3.51. The van der Waals surface area contributed by atoms with Gasteiger partial charge in [0.15, 0.2) is 5.65 Å². The first-order valence-corrected chi connectivity index (χ1v) is 11.5. The van der Waals surface area contributed by atoms with Gasteiger partial charge < -0.3 is 0 Å². The number of aromatic nitrogens is 3. The summed E-state index contributed by atoms with van der Waals surface area (Å²) in [6, 6.07) is 7.11. The number of benzene rings is 1. The van der Waals surface area contributed by atoms with Crippen molar-refractivity contribution in [3.63, 3.8) is 0 Å². The zero-order valence-corrected chi connectivity index (χ0v) is 17.3. The highest BCUT2D eigenvalue weighted by Crippen LogP contribution is 2.44. The lowest BCUT2D eigenvalue weighted by Gasteiger charge is -2.18. The van der Waals surface area contributed by atoms with E-state index in [1.807, 2.05) is 10.6 Å². The van der Waals surface area contributed by atoms with E-state index in [0.29, 0.717) is 27.1 Å². The Labute approximate surface area is 168 Å². The van der Waals surface area contributed by atoms with Gasteiger partial charge >= 0.3 is 0 Å². The van der Waals surface area contributed by atoms with Gasteiger partial charge in [-0.25, -0.2) is 18.4 Å². The van der Waals surface area contributed by atoms with Gasteiger partial charge in [-0.15, -0.1) is 0 Å². The number of imidazole rings is 1. The number of rotatable bonds is 5. The fraction of sp³-hybridized carbons (Fsp3) is 0.368. The topological polar surface area (TPSA) is 64.8 Å². The van der Waals surface area contributed by atoms with Crippen LogP contribution in [0.4, 0.5) is 0 Å². The lowest BCUT2D eigenvalue weighted by atomic mass is 10.1. The molecule has 3 aromatic rings. The molecule has 5 nitrogen and oxygen atoms in total. The van der Waals surface area contributed by atoms with Gasteiger partial charge in [0.25, 0.3) is 0 Å². The zero-order valence-electron chi connectivity index (χ0n) is 15.0. The fourth-order valence-corrected chi connectivity index (χ4v) is 5.01. The Morgan fingerprint density at radius 1 is 1.22 bits per heavy atom. The minimum Gasteiger partial charge on any atom is -0.296 e. The molecular formula is C19H19Cl2N3O2S. The molecule has 0 saturated heterocycles. The third-order valence-corrected chi connectivity index (χ3v) is 6.51. The molecule has 1 saturated carbocycles. The van der Waals surface area contributed by atoms with Crippen LogP contribution in [0.3, 0.4) is 0 Å². The first kappa shape index (κ1) is 18.7. The van der Waals surface area contributed by atoms with Crippen molar-refractivity contribution in [1.29, 1.82) is 0 Å². The molecule has 0 radical (unpaired) electrons. The summed E-state index contributed by atoms with van der Waals surface area (Å²) in [6.07, 6.45) is 5.89. The second kappa shape index (κ2) is 6.76.